The number of hydrogen-bond acceptors (Lipinski definition) is 3. The van der Waals surface area contributed by atoms with Crippen molar-refractivity contribution in [3.8, 4) is 5.88 Å². The second kappa shape index (κ2) is 5.12. The van der Waals surface area contributed by atoms with E-state index in [9.17, 15) is 0 Å². The topological polar surface area (TPSA) is 25.4 Å². The second-order valence-corrected chi connectivity index (χ2v) is 4.04. The third-order valence-corrected chi connectivity index (χ3v) is 2.86. The Morgan fingerprint density at radius 1 is 1.33 bits per heavy atom. The average molecular weight is 206 g/mol. The molecule has 1 saturated heterocycles. The molecule has 82 valence electrons. The van der Waals surface area contributed by atoms with Gasteiger partial charge in [-0.05, 0) is 37.6 Å². The molecule has 0 spiro atoms. The Morgan fingerprint density at radius 3 is 2.87 bits per heavy atom. The van der Waals surface area contributed by atoms with E-state index < -0.39 is 0 Å². The molecule has 0 radical (unpaired) electrons. The number of rotatable bonds is 3. The van der Waals surface area contributed by atoms with Crippen molar-refractivity contribution in [1.82, 2.24) is 9.88 Å². The molecule has 0 unspecified atom stereocenters. The van der Waals surface area contributed by atoms with Crippen LogP contribution in [0.4, 0.5) is 0 Å². The first-order valence-electron chi connectivity index (χ1n) is 5.60. The van der Waals surface area contributed by atoms with Gasteiger partial charge in [0.25, 0.3) is 0 Å². The maximum Gasteiger partial charge on any atom is 0.213 e. The molecule has 1 aromatic rings. The number of pyridine rings is 1. The van der Waals surface area contributed by atoms with E-state index in [2.05, 4.69) is 16.0 Å². The predicted molar refractivity (Wildman–Crippen MR) is 59.9 cm³/mol. The van der Waals surface area contributed by atoms with Crippen LogP contribution in [0.1, 0.15) is 24.8 Å². The highest BCUT2D eigenvalue weighted by atomic mass is 16.5. The van der Waals surface area contributed by atoms with E-state index in [-0.39, 0.29) is 0 Å². The van der Waals surface area contributed by atoms with Crippen LogP contribution in [0.5, 0.6) is 5.88 Å². The zero-order valence-electron chi connectivity index (χ0n) is 9.28. The molecule has 1 aromatic heterocycles. The van der Waals surface area contributed by atoms with Crippen LogP contribution in [0.25, 0.3) is 0 Å². The first-order chi connectivity index (χ1) is 7.38. The van der Waals surface area contributed by atoms with E-state index in [1.54, 1.807) is 7.11 Å². The van der Waals surface area contributed by atoms with Crippen LogP contribution in [0.2, 0.25) is 0 Å². The van der Waals surface area contributed by atoms with Gasteiger partial charge < -0.3 is 4.74 Å². The summed E-state index contributed by atoms with van der Waals surface area (Å²) >= 11 is 0. The highest BCUT2D eigenvalue weighted by molar-refractivity contribution is 5.20. The average Bonchev–Trinajstić information content (AvgIpc) is 2.31. The fourth-order valence-electron chi connectivity index (χ4n) is 2.04. The maximum absolute atomic E-state index is 5.11. The van der Waals surface area contributed by atoms with Crippen molar-refractivity contribution < 1.29 is 4.74 Å². The van der Waals surface area contributed by atoms with E-state index in [0.29, 0.717) is 5.88 Å². The van der Waals surface area contributed by atoms with Crippen molar-refractivity contribution >= 4 is 0 Å². The molecule has 0 atom stereocenters. The summed E-state index contributed by atoms with van der Waals surface area (Å²) in [6.45, 7) is 3.48. The fraction of sp³-hybridized carbons (Fsp3) is 0.583. The quantitative estimate of drug-likeness (QED) is 0.757. The lowest BCUT2D eigenvalue weighted by Gasteiger charge is -2.26. The van der Waals surface area contributed by atoms with E-state index in [4.69, 9.17) is 4.74 Å². The molecular weight excluding hydrogens is 188 g/mol. The molecule has 3 nitrogen and oxygen atoms in total. The predicted octanol–water partition coefficient (Wildman–Crippen LogP) is 2.08. The number of methoxy groups -OCH3 is 1. The molecule has 0 aliphatic carbocycles. The van der Waals surface area contributed by atoms with Crippen LogP contribution in [-0.2, 0) is 6.54 Å². The summed E-state index contributed by atoms with van der Waals surface area (Å²) in [6.07, 6.45) is 5.87. The molecule has 0 N–H and O–H groups in total. The Bertz CT molecular complexity index is 308. The van der Waals surface area contributed by atoms with E-state index >= 15 is 0 Å². The number of aromatic nitrogens is 1. The van der Waals surface area contributed by atoms with Crippen LogP contribution in [0.3, 0.4) is 0 Å². The molecule has 1 aliphatic rings. The first kappa shape index (κ1) is 10.4. The molecule has 0 amide bonds. The van der Waals surface area contributed by atoms with Gasteiger partial charge in [0.1, 0.15) is 0 Å². The normalized spacial score (nSPS) is 17.7. The van der Waals surface area contributed by atoms with Crippen LogP contribution < -0.4 is 4.74 Å². The van der Waals surface area contributed by atoms with Crippen molar-refractivity contribution in [2.24, 2.45) is 0 Å². The summed E-state index contributed by atoms with van der Waals surface area (Å²) in [5.41, 5.74) is 1.30. The summed E-state index contributed by atoms with van der Waals surface area (Å²) in [6, 6.07) is 4.09. The summed E-state index contributed by atoms with van der Waals surface area (Å²) < 4.78 is 5.11. The van der Waals surface area contributed by atoms with Gasteiger partial charge in [-0.1, -0.05) is 6.42 Å². The third kappa shape index (κ3) is 2.93. The highest BCUT2D eigenvalue weighted by Gasteiger charge is 2.10. The Balaban J connectivity index is 1.96. The van der Waals surface area contributed by atoms with Crippen molar-refractivity contribution in [2.75, 3.05) is 20.2 Å². The minimum atomic E-state index is 0.713. The Kier molecular flexibility index (Phi) is 3.56. The smallest absolute Gasteiger partial charge is 0.213 e. The Morgan fingerprint density at radius 2 is 2.13 bits per heavy atom. The van der Waals surface area contributed by atoms with Gasteiger partial charge in [-0.25, -0.2) is 4.98 Å². The maximum atomic E-state index is 5.11. The van der Waals surface area contributed by atoms with Crippen LogP contribution in [-0.4, -0.2) is 30.1 Å². The molecule has 2 heterocycles. The lowest BCUT2D eigenvalue weighted by Crippen LogP contribution is -2.29. The molecule has 0 bridgehead atoms. The molecule has 0 aromatic carbocycles. The zero-order valence-corrected chi connectivity index (χ0v) is 9.28. The monoisotopic (exact) mass is 206 g/mol. The summed E-state index contributed by atoms with van der Waals surface area (Å²) in [4.78, 5) is 6.61. The summed E-state index contributed by atoms with van der Waals surface area (Å²) in [7, 11) is 1.66. The van der Waals surface area contributed by atoms with Crippen LogP contribution >= 0.6 is 0 Å². The number of likely N-dealkylation sites (tertiary alicyclic amines) is 1. The van der Waals surface area contributed by atoms with Crippen LogP contribution in [0, 0.1) is 0 Å². The zero-order chi connectivity index (χ0) is 10.5. The van der Waals surface area contributed by atoms with Gasteiger partial charge in [0.15, 0.2) is 0 Å². The minimum absolute atomic E-state index is 0.713. The number of nitrogens with zero attached hydrogens (tertiary/aromatic N) is 2. The molecule has 1 fully saturated rings. The van der Waals surface area contributed by atoms with Gasteiger partial charge in [0.05, 0.1) is 7.11 Å². The third-order valence-electron chi connectivity index (χ3n) is 2.86. The Hall–Kier alpha value is -1.09. The van der Waals surface area contributed by atoms with Crippen molar-refractivity contribution in [1.29, 1.82) is 0 Å². The molecule has 1 aliphatic heterocycles. The lowest BCUT2D eigenvalue weighted by atomic mass is 10.1. The van der Waals surface area contributed by atoms with Gasteiger partial charge in [-0.3, -0.25) is 4.90 Å². The molecular formula is C12H18N2O. The summed E-state index contributed by atoms with van der Waals surface area (Å²) in [5, 5.41) is 0. The number of hydrogen-bond donors (Lipinski definition) is 0. The van der Waals surface area contributed by atoms with Crippen molar-refractivity contribution in [2.45, 2.75) is 25.8 Å². The lowest BCUT2D eigenvalue weighted by molar-refractivity contribution is 0.220. The van der Waals surface area contributed by atoms with Gasteiger partial charge in [0.2, 0.25) is 5.88 Å². The van der Waals surface area contributed by atoms with Gasteiger partial charge >= 0.3 is 0 Å². The minimum Gasteiger partial charge on any atom is -0.481 e. The second-order valence-electron chi connectivity index (χ2n) is 4.04. The first-order valence-corrected chi connectivity index (χ1v) is 5.60. The fourth-order valence-corrected chi connectivity index (χ4v) is 2.04. The number of ether oxygens (including phenoxy) is 1. The molecule has 2 rings (SSSR count). The largest absolute Gasteiger partial charge is 0.481 e. The summed E-state index contributed by atoms with van der Waals surface area (Å²) in [5.74, 6) is 0.713. The van der Waals surface area contributed by atoms with E-state index in [1.807, 2.05) is 12.3 Å². The van der Waals surface area contributed by atoms with Crippen LogP contribution in [0.15, 0.2) is 18.3 Å². The highest BCUT2D eigenvalue weighted by Crippen LogP contribution is 2.15. The van der Waals surface area contributed by atoms with Gasteiger partial charge in [-0.15, -0.1) is 0 Å². The van der Waals surface area contributed by atoms with Crippen molar-refractivity contribution in [3.63, 3.8) is 0 Å². The number of piperidine rings is 1. The van der Waals surface area contributed by atoms with Crippen molar-refractivity contribution in [3.05, 3.63) is 23.9 Å². The molecule has 3 heteroatoms. The van der Waals surface area contributed by atoms with E-state index in [1.165, 1.54) is 37.9 Å². The Labute approximate surface area is 91.1 Å². The molecule has 15 heavy (non-hydrogen) atoms. The van der Waals surface area contributed by atoms with E-state index in [0.717, 1.165) is 6.54 Å². The molecule has 0 saturated carbocycles. The standard InChI is InChI=1S/C12H18N2O/c1-15-12-9-11(5-6-13-12)10-14-7-3-2-4-8-14/h5-6,9H,2-4,7-8,10H2,1H3. The van der Waals surface area contributed by atoms with Gasteiger partial charge in [0, 0.05) is 18.8 Å². The van der Waals surface area contributed by atoms with Gasteiger partial charge in [-0.2, -0.15) is 0 Å². The SMILES string of the molecule is COc1cc(CN2CCCCC2)ccn1.